The lowest BCUT2D eigenvalue weighted by Crippen LogP contribution is -1.94. The molecule has 1 N–H and O–H groups in total. The zero-order valence-corrected chi connectivity index (χ0v) is 14.0. The Morgan fingerprint density at radius 1 is 1.12 bits per heavy atom. The molecule has 0 aliphatic heterocycles. The number of hydrogen-bond donors (Lipinski definition) is 1. The Bertz CT molecular complexity index is 1020. The topological polar surface area (TPSA) is 60.2 Å². The summed E-state index contributed by atoms with van der Waals surface area (Å²) in [5.41, 5.74) is 3.27. The Kier molecular flexibility index (Phi) is 3.46. The number of fused-ring (bicyclic) bond motifs is 1. The molecule has 120 valence electrons. The first kappa shape index (κ1) is 14.7. The van der Waals surface area contributed by atoms with Crippen LogP contribution < -0.4 is 4.74 Å². The Morgan fingerprint density at radius 3 is 2.67 bits per heavy atom. The second kappa shape index (κ2) is 5.65. The maximum Gasteiger partial charge on any atom is 0.224 e. The van der Waals surface area contributed by atoms with Crippen molar-refractivity contribution in [3.8, 4) is 27.9 Å². The molecule has 2 aromatic carbocycles. The molecule has 0 saturated heterocycles. The van der Waals surface area contributed by atoms with E-state index in [9.17, 15) is 5.11 Å². The van der Waals surface area contributed by atoms with Crippen LogP contribution in [0.3, 0.4) is 0 Å². The number of thiazole rings is 1. The average molecular weight is 337 g/mol. The highest BCUT2D eigenvalue weighted by atomic mass is 32.1. The molecule has 24 heavy (non-hydrogen) atoms. The van der Waals surface area contributed by atoms with Gasteiger partial charge in [-0.3, -0.25) is 0 Å². The molecule has 5 nitrogen and oxygen atoms in total. The van der Waals surface area contributed by atoms with E-state index in [0.29, 0.717) is 5.13 Å². The van der Waals surface area contributed by atoms with Crippen LogP contribution in [0.2, 0.25) is 0 Å². The minimum absolute atomic E-state index is 0.102. The van der Waals surface area contributed by atoms with Gasteiger partial charge in [0.15, 0.2) is 0 Å². The number of aromatic nitrogens is 3. The Hall–Kier alpha value is -2.86. The Morgan fingerprint density at radius 2 is 1.92 bits per heavy atom. The fourth-order valence-electron chi connectivity index (χ4n) is 2.70. The predicted octanol–water partition coefficient (Wildman–Crippen LogP) is 4.17. The summed E-state index contributed by atoms with van der Waals surface area (Å²) < 4.78 is 7.73. The number of hydrogen-bond acceptors (Lipinski definition) is 5. The Balaban J connectivity index is 1.86. The third-order valence-electron chi connectivity index (χ3n) is 3.86. The zero-order valence-electron chi connectivity index (χ0n) is 13.2. The van der Waals surface area contributed by atoms with Crippen molar-refractivity contribution in [2.24, 2.45) is 0 Å². The third kappa shape index (κ3) is 2.32. The largest absolute Gasteiger partial charge is 0.497 e. The van der Waals surface area contributed by atoms with Gasteiger partial charge in [-0.25, -0.2) is 4.98 Å². The first-order chi connectivity index (χ1) is 11.7. The van der Waals surface area contributed by atoms with Crippen LogP contribution in [-0.2, 0) is 0 Å². The molecule has 0 fully saturated rings. The van der Waals surface area contributed by atoms with Crippen molar-refractivity contribution in [1.82, 2.24) is 14.8 Å². The molecule has 0 radical (unpaired) electrons. The summed E-state index contributed by atoms with van der Waals surface area (Å²) in [6, 6.07) is 15.4. The highest BCUT2D eigenvalue weighted by Gasteiger charge is 2.19. The van der Waals surface area contributed by atoms with E-state index in [4.69, 9.17) is 4.74 Å². The molecule has 0 bridgehead atoms. The van der Waals surface area contributed by atoms with Gasteiger partial charge in [0.1, 0.15) is 5.75 Å². The predicted molar refractivity (Wildman–Crippen MR) is 95.1 cm³/mol. The third-order valence-corrected chi connectivity index (χ3v) is 4.86. The van der Waals surface area contributed by atoms with E-state index < -0.39 is 0 Å². The second-order valence-corrected chi connectivity index (χ2v) is 6.40. The van der Waals surface area contributed by atoms with Crippen LogP contribution in [0.4, 0.5) is 0 Å². The molecule has 2 aromatic heterocycles. The van der Waals surface area contributed by atoms with Gasteiger partial charge in [0.25, 0.3) is 0 Å². The fourth-order valence-corrected chi connectivity index (χ4v) is 3.65. The standard InChI is InChI=1S/C18H15N3O2S/c1-11-16(12-6-4-3-5-7-12)17(22)21(20-11)18-19-14-9-8-13(23-2)10-15(14)24-18/h3-10,22H,1-2H3. The zero-order chi connectivity index (χ0) is 16.7. The molecule has 0 unspecified atom stereocenters. The molecule has 0 spiro atoms. The van der Waals surface area contributed by atoms with Gasteiger partial charge in [-0.05, 0) is 30.7 Å². The Labute approximate surface area is 142 Å². The monoisotopic (exact) mass is 337 g/mol. The number of methoxy groups -OCH3 is 1. The van der Waals surface area contributed by atoms with Crippen LogP contribution >= 0.6 is 11.3 Å². The van der Waals surface area contributed by atoms with Crippen molar-refractivity contribution < 1.29 is 9.84 Å². The SMILES string of the molecule is COc1ccc2nc(-n3nc(C)c(-c4ccccc4)c3O)sc2c1. The molecule has 0 saturated carbocycles. The lowest BCUT2D eigenvalue weighted by Gasteiger charge is -2.00. The van der Waals surface area contributed by atoms with E-state index in [0.717, 1.165) is 32.8 Å². The first-order valence-electron chi connectivity index (χ1n) is 7.46. The van der Waals surface area contributed by atoms with Crippen LogP contribution in [0.15, 0.2) is 48.5 Å². The molecular formula is C18H15N3O2S. The van der Waals surface area contributed by atoms with Gasteiger partial charge in [0.2, 0.25) is 11.0 Å². The molecule has 6 heteroatoms. The molecule has 4 rings (SSSR count). The van der Waals surface area contributed by atoms with Crippen LogP contribution in [0.25, 0.3) is 26.5 Å². The molecule has 0 aliphatic rings. The van der Waals surface area contributed by atoms with Crippen molar-refractivity contribution in [1.29, 1.82) is 0 Å². The van der Waals surface area contributed by atoms with Crippen molar-refractivity contribution in [3.05, 3.63) is 54.2 Å². The van der Waals surface area contributed by atoms with Crippen molar-refractivity contribution >= 4 is 21.6 Å². The number of rotatable bonds is 3. The quantitative estimate of drug-likeness (QED) is 0.609. The number of nitrogens with zero attached hydrogens (tertiary/aromatic N) is 3. The first-order valence-corrected chi connectivity index (χ1v) is 8.28. The maximum atomic E-state index is 10.7. The van der Waals surface area contributed by atoms with E-state index in [1.807, 2.05) is 55.5 Å². The van der Waals surface area contributed by atoms with E-state index in [1.165, 1.54) is 16.0 Å². The summed E-state index contributed by atoms with van der Waals surface area (Å²) in [4.78, 5) is 4.57. The van der Waals surface area contributed by atoms with E-state index >= 15 is 0 Å². The van der Waals surface area contributed by atoms with Gasteiger partial charge >= 0.3 is 0 Å². The number of ether oxygens (including phenoxy) is 1. The minimum Gasteiger partial charge on any atom is -0.497 e. The molecule has 4 aromatic rings. The molecular weight excluding hydrogens is 322 g/mol. The van der Waals surface area contributed by atoms with Gasteiger partial charge in [0, 0.05) is 0 Å². The summed E-state index contributed by atoms with van der Waals surface area (Å²) in [7, 11) is 1.64. The molecule has 0 aliphatic carbocycles. The van der Waals surface area contributed by atoms with E-state index in [-0.39, 0.29) is 5.88 Å². The van der Waals surface area contributed by atoms with E-state index in [1.54, 1.807) is 7.11 Å². The number of aromatic hydroxyl groups is 1. The number of aryl methyl sites for hydroxylation is 1. The van der Waals surface area contributed by atoms with Gasteiger partial charge in [-0.1, -0.05) is 41.7 Å². The maximum absolute atomic E-state index is 10.7. The van der Waals surface area contributed by atoms with Gasteiger partial charge in [-0.15, -0.1) is 0 Å². The molecule has 2 heterocycles. The van der Waals surface area contributed by atoms with Crippen molar-refractivity contribution in [3.63, 3.8) is 0 Å². The lowest BCUT2D eigenvalue weighted by molar-refractivity contribution is 0.415. The minimum atomic E-state index is 0.102. The lowest BCUT2D eigenvalue weighted by atomic mass is 10.1. The van der Waals surface area contributed by atoms with Gasteiger partial charge in [0.05, 0.1) is 28.6 Å². The summed E-state index contributed by atoms with van der Waals surface area (Å²) >= 11 is 1.46. The van der Waals surface area contributed by atoms with E-state index in [2.05, 4.69) is 10.1 Å². The normalized spacial score (nSPS) is 11.1. The highest BCUT2D eigenvalue weighted by molar-refractivity contribution is 7.20. The summed E-state index contributed by atoms with van der Waals surface area (Å²) in [5.74, 6) is 0.883. The molecule has 0 amide bonds. The summed E-state index contributed by atoms with van der Waals surface area (Å²) in [6.07, 6.45) is 0. The van der Waals surface area contributed by atoms with Crippen LogP contribution in [0, 0.1) is 6.92 Å². The van der Waals surface area contributed by atoms with Crippen molar-refractivity contribution in [2.75, 3.05) is 7.11 Å². The smallest absolute Gasteiger partial charge is 0.224 e. The fraction of sp³-hybridized carbons (Fsp3) is 0.111. The summed E-state index contributed by atoms with van der Waals surface area (Å²) in [5, 5.41) is 15.8. The van der Waals surface area contributed by atoms with Crippen LogP contribution in [-0.4, -0.2) is 27.0 Å². The van der Waals surface area contributed by atoms with Crippen molar-refractivity contribution in [2.45, 2.75) is 6.92 Å². The van der Waals surface area contributed by atoms with Gasteiger partial charge < -0.3 is 9.84 Å². The highest BCUT2D eigenvalue weighted by Crippen LogP contribution is 2.36. The van der Waals surface area contributed by atoms with Crippen LogP contribution in [0.5, 0.6) is 11.6 Å². The average Bonchev–Trinajstić information content (AvgIpc) is 3.15. The summed E-state index contributed by atoms with van der Waals surface area (Å²) in [6.45, 7) is 1.88. The number of benzene rings is 2. The van der Waals surface area contributed by atoms with Crippen LogP contribution in [0.1, 0.15) is 5.69 Å². The second-order valence-electron chi connectivity index (χ2n) is 5.39. The molecule has 0 atom stereocenters. The van der Waals surface area contributed by atoms with Gasteiger partial charge in [-0.2, -0.15) is 9.78 Å².